The van der Waals surface area contributed by atoms with Crippen molar-refractivity contribution >= 4 is 33.0 Å². The van der Waals surface area contributed by atoms with Crippen molar-refractivity contribution in [3.8, 4) is 5.69 Å². The highest BCUT2D eigenvalue weighted by molar-refractivity contribution is 7.92. The molecular weight excluding hydrogens is 421 g/mol. The van der Waals surface area contributed by atoms with Crippen molar-refractivity contribution in [2.45, 2.75) is 31.7 Å². The number of carbonyl (C=O) groups is 1. The van der Waals surface area contributed by atoms with Gasteiger partial charge in [0.05, 0.1) is 30.3 Å². The largest absolute Gasteiger partial charge is 0.390 e. The van der Waals surface area contributed by atoms with Gasteiger partial charge >= 0.3 is 6.18 Å². The van der Waals surface area contributed by atoms with E-state index in [1.165, 1.54) is 17.1 Å². The molecule has 1 amide bonds. The fourth-order valence-corrected chi connectivity index (χ4v) is 3.94. The van der Waals surface area contributed by atoms with Gasteiger partial charge in [0, 0.05) is 12.7 Å². The predicted molar refractivity (Wildman–Crippen MR) is 98.3 cm³/mol. The predicted octanol–water partition coefficient (Wildman–Crippen LogP) is 3.03. The zero-order valence-corrected chi connectivity index (χ0v) is 16.6. The first-order valence-electron chi connectivity index (χ1n) is 8.21. The van der Waals surface area contributed by atoms with E-state index >= 15 is 0 Å². The Morgan fingerprint density at radius 1 is 1.39 bits per heavy atom. The minimum absolute atomic E-state index is 0.0520. The van der Waals surface area contributed by atoms with Gasteiger partial charge in [-0.25, -0.2) is 13.1 Å². The molecular formula is C16H18ClF3N4O3S. The maximum atomic E-state index is 12.7. The van der Waals surface area contributed by atoms with E-state index in [-0.39, 0.29) is 17.4 Å². The average molecular weight is 439 g/mol. The smallest absolute Gasteiger partial charge is 0.307 e. The van der Waals surface area contributed by atoms with Gasteiger partial charge in [-0.2, -0.15) is 18.3 Å². The molecule has 2 aromatic heterocycles. The third kappa shape index (κ3) is 5.22. The number of pyridine rings is 1. The second-order valence-electron chi connectivity index (χ2n) is 5.92. The summed E-state index contributed by atoms with van der Waals surface area (Å²) >= 11 is 6.11. The molecule has 0 aliphatic carbocycles. The number of halogens is 4. The number of alkyl halides is 3. The van der Waals surface area contributed by atoms with Gasteiger partial charge in [0.15, 0.2) is 15.0 Å². The zero-order valence-electron chi connectivity index (χ0n) is 15.0. The van der Waals surface area contributed by atoms with Crippen molar-refractivity contribution in [3.63, 3.8) is 0 Å². The average Bonchev–Trinajstić information content (AvgIpc) is 3.02. The van der Waals surface area contributed by atoms with Crippen LogP contribution in [0.25, 0.3) is 5.69 Å². The summed E-state index contributed by atoms with van der Waals surface area (Å²) in [5, 5.41) is 2.36. The van der Waals surface area contributed by atoms with Gasteiger partial charge in [-0.15, -0.1) is 0 Å². The Morgan fingerprint density at radius 3 is 2.61 bits per heavy atom. The molecule has 12 heteroatoms. The summed E-state index contributed by atoms with van der Waals surface area (Å²) in [6.07, 6.45) is -1.65. The number of hydrogen-bond donors (Lipinski definition) is 0. The fraction of sp³-hybridized carbons (Fsp3) is 0.438. The first kappa shape index (κ1) is 22.2. The molecule has 2 aromatic rings. The summed E-state index contributed by atoms with van der Waals surface area (Å²) in [5.41, 5.74) is 0.709. The SMILES string of the molecule is CCN(C(=O)C(C)S(=O)(=O)CCC(F)(F)F)c1cn(-c2cccnc2)nc1Cl. The van der Waals surface area contributed by atoms with Crippen LogP contribution < -0.4 is 4.90 Å². The van der Waals surface area contributed by atoms with Crippen LogP contribution in [0.15, 0.2) is 30.7 Å². The molecule has 1 unspecified atom stereocenters. The molecule has 0 saturated heterocycles. The first-order valence-corrected chi connectivity index (χ1v) is 10.3. The number of nitrogens with zero attached hydrogens (tertiary/aromatic N) is 4. The number of carbonyl (C=O) groups excluding carboxylic acids is 1. The molecule has 0 N–H and O–H groups in total. The Bertz CT molecular complexity index is 932. The summed E-state index contributed by atoms with van der Waals surface area (Å²) in [4.78, 5) is 17.7. The molecule has 0 aliphatic heterocycles. The van der Waals surface area contributed by atoms with Gasteiger partial charge in [0.1, 0.15) is 10.9 Å². The number of hydrogen-bond acceptors (Lipinski definition) is 5. The van der Waals surface area contributed by atoms with E-state index in [1.54, 1.807) is 25.3 Å². The molecule has 1 atom stereocenters. The van der Waals surface area contributed by atoms with Crippen molar-refractivity contribution < 1.29 is 26.4 Å². The second-order valence-corrected chi connectivity index (χ2v) is 8.72. The highest BCUT2D eigenvalue weighted by Gasteiger charge is 2.37. The molecule has 0 saturated carbocycles. The van der Waals surface area contributed by atoms with E-state index in [0.717, 1.165) is 11.8 Å². The van der Waals surface area contributed by atoms with Crippen molar-refractivity contribution in [2.75, 3.05) is 17.2 Å². The van der Waals surface area contributed by atoms with Crippen LogP contribution in [-0.2, 0) is 14.6 Å². The molecule has 2 heterocycles. The second kappa shape index (κ2) is 8.48. The van der Waals surface area contributed by atoms with Gasteiger partial charge in [-0.05, 0) is 26.0 Å². The quantitative estimate of drug-likeness (QED) is 0.663. The maximum absolute atomic E-state index is 12.7. The summed E-state index contributed by atoms with van der Waals surface area (Å²) in [7, 11) is -4.31. The summed E-state index contributed by atoms with van der Waals surface area (Å²) in [6.45, 7) is 2.71. The molecule has 0 aliphatic rings. The minimum atomic E-state index is -4.63. The monoisotopic (exact) mass is 438 g/mol. The molecule has 2 rings (SSSR count). The van der Waals surface area contributed by atoms with Crippen LogP contribution in [0, 0.1) is 0 Å². The Balaban J connectivity index is 2.27. The Morgan fingerprint density at radius 2 is 2.07 bits per heavy atom. The van der Waals surface area contributed by atoms with Gasteiger partial charge in [0.25, 0.3) is 0 Å². The molecule has 0 aromatic carbocycles. The number of amides is 1. The van der Waals surface area contributed by atoms with Gasteiger partial charge < -0.3 is 4.90 Å². The van der Waals surface area contributed by atoms with Gasteiger partial charge in [-0.1, -0.05) is 11.6 Å². The van der Waals surface area contributed by atoms with Gasteiger partial charge in [0.2, 0.25) is 5.91 Å². The first-order chi connectivity index (χ1) is 13.0. The van der Waals surface area contributed by atoms with Crippen LogP contribution in [0.1, 0.15) is 20.3 Å². The molecule has 28 heavy (non-hydrogen) atoms. The highest BCUT2D eigenvalue weighted by Crippen LogP contribution is 2.28. The molecule has 0 bridgehead atoms. The normalized spacial score (nSPS) is 13.4. The Hall–Kier alpha value is -2.14. The van der Waals surface area contributed by atoms with Crippen LogP contribution in [0.2, 0.25) is 5.15 Å². The summed E-state index contributed by atoms with van der Waals surface area (Å²) < 4.78 is 62.8. The third-order valence-corrected chi connectivity index (χ3v) is 6.31. The van der Waals surface area contributed by atoms with Crippen LogP contribution in [-0.4, -0.2) is 52.8 Å². The van der Waals surface area contributed by atoms with Crippen molar-refractivity contribution in [1.29, 1.82) is 0 Å². The molecule has 7 nitrogen and oxygen atoms in total. The molecule has 154 valence electrons. The lowest BCUT2D eigenvalue weighted by molar-refractivity contribution is -0.130. The van der Waals surface area contributed by atoms with E-state index in [9.17, 15) is 26.4 Å². The Labute approximate surface area is 165 Å². The lowest BCUT2D eigenvalue weighted by Crippen LogP contribution is -2.42. The van der Waals surface area contributed by atoms with Gasteiger partial charge in [-0.3, -0.25) is 9.78 Å². The summed E-state index contributed by atoms with van der Waals surface area (Å²) in [6, 6.07) is 3.37. The van der Waals surface area contributed by atoms with E-state index in [1.807, 2.05) is 0 Å². The van der Waals surface area contributed by atoms with E-state index < -0.39 is 39.3 Å². The number of sulfone groups is 1. The number of rotatable bonds is 7. The fourth-order valence-electron chi connectivity index (χ4n) is 2.40. The molecule has 0 fully saturated rings. The summed E-state index contributed by atoms with van der Waals surface area (Å²) in [5.74, 6) is -2.04. The van der Waals surface area contributed by atoms with Crippen LogP contribution in [0.5, 0.6) is 0 Å². The lowest BCUT2D eigenvalue weighted by Gasteiger charge is -2.23. The lowest BCUT2D eigenvalue weighted by atomic mass is 10.3. The topological polar surface area (TPSA) is 85.2 Å². The zero-order chi connectivity index (χ0) is 21.1. The van der Waals surface area contributed by atoms with Crippen LogP contribution in [0.3, 0.4) is 0 Å². The minimum Gasteiger partial charge on any atom is -0.307 e. The Kier molecular flexibility index (Phi) is 6.71. The van der Waals surface area contributed by atoms with Crippen molar-refractivity contribution in [3.05, 3.63) is 35.9 Å². The van der Waals surface area contributed by atoms with E-state index in [0.29, 0.717) is 5.69 Å². The van der Waals surface area contributed by atoms with E-state index in [2.05, 4.69) is 10.1 Å². The number of anilines is 1. The maximum Gasteiger partial charge on any atom is 0.390 e. The van der Waals surface area contributed by atoms with E-state index in [4.69, 9.17) is 11.6 Å². The standard InChI is InChI=1S/C16H18ClF3N4O3S/c1-3-23(15(25)11(2)28(26,27)8-6-16(18,19)20)13-10-24(22-14(13)17)12-5-4-7-21-9-12/h4-5,7,9-11H,3,6,8H2,1-2H3. The number of aromatic nitrogens is 3. The third-order valence-electron chi connectivity index (χ3n) is 3.99. The van der Waals surface area contributed by atoms with Crippen LogP contribution in [0.4, 0.5) is 18.9 Å². The molecule has 0 radical (unpaired) electrons. The van der Waals surface area contributed by atoms with Crippen LogP contribution >= 0.6 is 11.6 Å². The molecule has 0 spiro atoms. The van der Waals surface area contributed by atoms with Crippen molar-refractivity contribution in [1.82, 2.24) is 14.8 Å². The highest BCUT2D eigenvalue weighted by atomic mass is 35.5. The van der Waals surface area contributed by atoms with Crippen molar-refractivity contribution in [2.24, 2.45) is 0 Å².